The van der Waals surface area contributed by atoms with E-state index in [1.807, 2.05) is 54.6 Å². The van der Waals surface area contributed by atoms with Crippen LogP contribution in [-0.4, -0.2) is 18.9 Å². The third kappa shape index (κ3) is 5.04. The molecular weight excluding hydrogens is 262 g/mol. The van der Waals surface area contributed by atoms with Crippen LogP contribution in [0.3, 0.4) is 0 Å². The number of ether oxygens (including phenoxy) is 1. The second-order valence-corrected chi connectivity index (χ2v) is 4.89. The maximum Gasteiger partial charge on any atom is 0.176 e. The average Bonchev–Trinajstić information content (AvgIpc) is 2.53. The van der Waals surface area contributed by atoms with Gasteiger partial charge in [0.2, 0.25) is 0 Å². The summed E-state index contributed by atoms with van der Waals surface area (Å²) in [4.78, 5) is 12.0. The summed E-state index contributed by atoms with van der Waals surface area (Å²) < 4.78 is 5.70. The highest BCUT2D eigenvalue weighted by molar-refractivity contribution is 5.97. The Balaban J connectivity index is 1.88. The fourth-order valence-electron chi connectivity index (χ4n) is 1.94. The molecule has 3 heteroatoms. The normalized spacial score (nSPS) is 10.3. The zero-order valence-corrected chi connectivity index (χ0v) is 12.3. The number of carbonyl (C=O) groups is 1. The largest absolute Gasteiger partial charge is 0.457 e. The van der Waals surface area contributed by atoms with Crippen LogP contribution in [0.4, 0.5) is 0 Å². The minimum absolute atomic E-state index is 0.109. The Morgan fingerprint density at radius 2 is 1.67 bits per heavy atom. The van der Waals surface area contributed by atoms with E-state index < -0.39 is 0 Å². The van der Waals surface area contributed by atoms with E-state index >= 15 is 0 Å². The van der Waals surface area contributed by atoms with Crippen LogP contribution >= 0.6 is 0 Å². The second-order valence-electron chi connectivity index (χ2n) is 4.89. The van der Waals surface area contributed by atoms with Crippen LogP contribution in [-0.2, 0) is 0 Å². The highest BCUT2D eigenvalue weighted by Gasteiger charge is 2.05. The molecule has 2 aromatic carbocycles. The lowest BCUT2D eigenvalue weighted by molar-refractivity contribution is 0.0991. The highest BCUT2D eigenvalue weighted by atomic mass is 16.5. The summed E-state index contributed by atoms with van der Waals surface area (Å²) in [5.41, 5.74) is 0.708. The predicted molar refractivity (Wildman–Crippen MR) is 85.1 cm³/mol. The van der Waals surface area contributed by atoms with Gasteiger partial charge in [0.1, 0.15) is 11.5 Å². The first-order valence-electron chi connectivity index (χ1n) is 7.36. The molecule has 1 N–H and O–H groups in total. The molecule has 0 aliphatic rings. The van der Waals surface area contributed by atoms with E-state index in [-0.39, 0.29) is 5.78 Å². The van der Waals surface area contributed by atoms with Crippen molar-refractivity contribution < 1.29 is 9.53 Å². The third-order valence-corrected chi connectivity index (χ3v) is 3.15. The highest BCUT2D eigenvalue weighted by Crippen LogP contribution is 2.21. The molecule has 0 amide bonds. The molecule has 21 heavy (non-hydrogen) atoms. The molecule has 0 spiro atoms. The van der Waals surface area contributed by atoms with Gasteiger partial charge >= 0.3 is 0 Å². The molecule has 0 bridgehead atoms. The van der Waals surface area contributed by atoms with Crippen molar-refractivity contribution in [2.24, 2.45) is 0 Å². The van der Waals surface area contributed by atoms with Crippen molar-refractivity contribution in [1.82, 2.24) is 5.32 Å². The van der Waals surface area contributed by atoms with Crippen LogP contribution in [0.25, 0.3) is 0 Å². The molecule has 0 aromatic heterocycles. The van der Waals surface area contributed by atoms with Gasteiger partial charge in [-0.25, -0.2) is 0 Å². The molecule has 0 aliphatic carbocycles. The first-order chi connectivity index (χ1) is 10.3. The molecule has 0 saturated carbocycles. The number of hydrogen-bond acceptors (Lipinski definition) is 3. The quantitative estimate of drug-likeness (QED) is 0.586. The third-order valence-electron chi connectivity index (χ3n) is 3.15. The lowest BCUT2D eigenvalue weighted by Crippen LogP contribution is -2.23. The maximum absolute atomic E-state index is 12.0. The first-order valence-corrected chi connectivity index (χ1v) is 7.36. The Morgan fingerprint density at radius 1 is 1.00 bits per heavy atom. The number of para-hydroxylation sites is 1. The van der Waals surface area contributed by atoms with Crippen molar-refractivity contribution in [3.63, 3.8) is 0 Å². The molecule has 0 saturated heterocycles. The van der Waals surface area contributed by atoms with Crippen molar-refractivity contribution in [3.05, 3.63) is 60.2 Å². The van der Waals surface area contributed by atoms with Gasteiger partial charge in [-0.2, -0.15) is 0 Å². The summed E-state index contributed by atoms with van der Waals surface area (Å²) >= 11 is 0. The summed E-state index contributed by atoms with van der Waals surface area (Å²) in [5.74, 6) is 1.63. The van der Waals surface area contributed by atoms with E-state index in [2.05, 4.69) is 12.2 Å². The molecular formula is C18H21NO2. The van der Waals surface area contributed by atoms with Crippen molar-refractivity contribution in [2.75, 3.05) is 13.1 Å². The zero-order chi connectivity index (χ0) is 14.9. The molecule has 0 atom stereocenters. The van der Waals surface area contributed by atoms with Crippen LogP contribution in [0.1, 0.15) is 30.1 Å². The SMILES string of the molecule is CCCCNCC(=O)c1ccc(Oc2ccccc2)cc1. The molecule has 2 rings (SSSR count). The minimum atomic E-state index is 0.109. The van der Waals surface area contributed by atoms with E-state index in [4.69, 9.17) is 4.74 Å². The molecule has 110 valence electrons. The van der Waals surface area contributed by atoms with E-state index in [1.165, 1.54) is 0 Å². The smallest absolute Gasteiger partial charge is 0.176 e. The monoisotopic (exact) mass is 283 g/mol. The topological polar surface area (TPSA) is 38.3 Å². The Labute approximate surface area is 126 Å². The molecule has 0 unspecified atom stereocenters. The van der Waals surface area contributed by atoms with E-state index in [9.17, 15) is 4.79 Å². The lowest BCUT2D eigenvalue weighted by atomic mass is 10.1. The fraction of sp³-hybridized carbons (Fsp3) is 0.278. The van der Waals surface area contributed by atoms with Crippen LogP contribution in [0.5, 0.6) is 11.5 Å². The Bertz CT molecular complexity index is 549. The van der Waals surface area contributed by atoms with Gasteiger partial charge in [0.25, 0.3) is 0 Å². The summed E-state index contributed by atoms with van der Waals surface area (Å²) in [6, 6.07) is 16.9. The number of Topliss-reactive ketones (excluding diaryl/α,β-unsaturated/α-hetero) is 1. The maximum atomic E-state index is 12.0. The van der Waals surface area contributed by atoms with Gasteiger partial charge < -0.3 is 10.1 Å². The average molecular weight is 283 g/mol. The molecule has 0 radical (unpaired) electrons. The van der Waals surface area contributed by atoms with Gasteiger partial charge in [-0.1, -0.05) is 31.5 Å². The Kier molecular flexibility index (Phi) is 5.98. The van der Waals surface area contributed by atoms with Crippen molar-refractivity contribution in [3.8, 4) is 11.5 Å². The fourth-order valence-corrected chi connectivity index (χ4v) is 1.94. The summed E-state index contributed by atoms with van der Waals surface area (Å²) in [6.45, 7) is 3.41. The van der Waals surface area contributed by atoms with Gasteiger partial charge in [0, 0.05) is 5.56 Å². The van der Waals surface area contributed by atoms with Crippen LogP contribution in [0.15, 0.2) is 54.6 Å². The van der Waals surface area contributed by atoms with Crippen molar-refractivity contribution in [1.29, 1.82) is 0 Å². The van der Waals surface area contributed by atoms with E-state index in [0.717, 1.165) is 30.9 Å². The number of benzene rings is 2. The minimum Gasteiger partial charge on any atom is -0.457 e. The number of carbonyl (C=O) groups excluding carboxylic acids is 1. The molecule has 0 aliphatic heterocycles. The standard InChI is InChI=1S/C18H21NO2/c1-2-3-13-19-14-18(20)15-9-11-17(12-10-15)21-16-7-5-4-6-8-16/h4-12,19H,2-3,13-14H2,1H3. The number of nitrogens with one attached hydrogen (secondary N) is 1. The van der Waals surface area contributed by atoms with Crippen LogP contribution in [0, 0.1) is 0 Å². The summed E-state index contributed by atoms with van der Waals surface area (Å²) in [5, 5.41) is 3.16. The number of rotatable bonds is 8. The van der Waals surface area contributed by atoms with E-state index in [1.54, 1.807) is 0 Å². The number of hydrogen-bond donors (Lipinski definition) is 1. The Hall–Kier alpha value is -2.13. The summed E-state index contributed by atoms with van der Waals surface area (Å²) in [7, 11) is 0. The van der Waals surface area contributed by atoms with Crippen molar-refractivity contribution >= 4 is 5.78 Å². The predicted octanol–water partition coefficient (Wildman–Crippen LogP) is 4.05. The Morgan fingerprint density at radius 3 is 2.33 bits per heavy atom. The van der Waals surface area contributed by atoms with Crippen LogP contribution in [0.2, 0.25) is 0 Å². The van der Waals surface area contributed by atoms with Crippen LogP contribution < -0.4 is 10.1 Å². The first kappa shape index (κ1) is 15.3. The van der Waals surface area contributed by atoms with Gasteiger partial charge in [-0.15, -0.1) is 0 Å². The molecule has 3 nitrogen and oxygen atoms in total. The summed E-state index contributed by atoms with van der Waals surface area (Å²) in [6.07, 6.45) is 2.23. The molecule has 0 heterocycles. The lowest BCUT2D eigenvalue weighted by Gasteiger charge is -2.07. The van der Waals surface area contributed by atoms with E-state index in [0.29, 0.717) is 12.1 Å². The van der Waals surface area contributed by atoms with Gasteiger partial charge in [-0.3, -0.25) is 4.79 Å². The number of unbranched alkanes of at least 4 members (excludes halogenated alkanes) is 1. The number of ketones is 1. The molecule has 2 aromatic rings. The zero-order valence-electron chi connectivity index (χ0n) is 12.3. The van der Waals surface area contributed by atoms with Gasteiger partial charge in [0.15, 0.2) is 5.78 Å². The molecule has 0 fully saturated rings. The van der Waals surface area contributed by atoms with Gasteiger partial charge in [0.05, 0.1) is 6.54 Å². The van der Waals surface area contributed by atoms with Gasteiger partial charge in [-0.05, 0) is 49.4 Å². The second kappa shape index (κ2) is 8.22. The van der Waals surface area contributed by atoms with Crippen molar-refractivity contribution in [2.45, 2.75) is 19.8 Å².